The van der Waals surface area contributed by atoms with Crippen LogP contribution in [0, 0.1) is 0 Å². The summed E-state index contributed by atoms with van der Waals surface area (Å²) in [4.78, 5) is 6.44. The minimum absolute atomic E-state index is 0.710. The summed E-state index contributed by atoms with van der Waals surface area (Å²) in [6.45, 7) is 0.710. The number of methoxy groups -OCH3 is 2. The van der Waals surface area contributed by atoms with Crippen molar-refractivity contribution in [1.82, 2.24) is 4.98 Å². The van der Waals surface area contributed by atoms with Gasteiger partial charge in [-0.3, -0.25) is 0 Å². The molecule has 2 rings (SSSR count). The summed E-state index contributed by atoms with van der Waals surface area (Å²) in [7, 11) is 5.31. The van der Waals surface area contributed by atoms with Crippen LogP contribution in [0.2, 0.25) is 0 Å². The van der Waals surface area contributed by atoms with Crippen molar-refractivity contribution in [2.75, 3.05) is 26.2 Å². The van der Waals surface area contributed by atoms with E-state index < -0.39 is 0 Å². The Bertz CT molecular complexity index is 573. The van der Waals surface area contributed by atoms with Gasteiger partial charge in [0.15, 0.2) is 0 Å². The quantitative estimate of drug-likeness (QED) is 0.836. The fourth-order valence-electron chi connectivity index (χ4n) is 1.91. The highest BCUT2D eigenvalue weighted by Crippen LogP contribution is 2.26. The zero-order chi connectivity index (χ0) is 14.5. The summed E-state index contributed by atoms with van der Waals surface area (Å²) in [5, 5.41) is 0. The van der Waals surface area contributed by atoms with E-state index in [1.165, 1.54) is 0 Å². The van der Waals surface area contributed by atoms with Crippen molar-refractivity contribution in [3.8, 4) is 11.5 Å². The minimum Gasteiger partial charge on any atom is -0.497 e. The molecule has 0 aliphatic rings. The Morgan fingerprint density at radius 3 is 2.55 bits per heavy atom. The second kappa shape index (κ2) is 6.61. The average Bonchev–Trinajstić information content (AvgIpc) is 2.48. The first-order valence-electron chi connectivity index (χ1n) is 6.17. The monoisotopic (exact) mass is 336 g/mol. The Balaban J connectivity index is 2.18. The van der Waals surface area contributed by atoms with Gasteiger partial charge in [0.05, 0.1) is 14.2 Å². The summed E-state index contributed by atoms with van der Waals surface area (Å²) in [6, 6.07) is 9.77. The van der Waals surface area contributed by atoms with E-state index in [1.807, 2.05) is 37.4 Å². The molecule has 1 aromatic carbocycles. The highest BCUT2D eigenvalue weighted by molar-refractivity contribution is 9.10. The van der Waals surface area contributed by atoms with Crippen LogP contribution >= 0.6 is 15.9 Å². The molecule has 0 fully saturated rings. The van der Waals surface area contributed by atoms with Crippen molar-refractivity contribution in [1.29, 1.82) is 0 Å². The fraction of sp³-hybridized carbons (Fsp3) is 0.267. The zero-order valence-corrected chi connectivity index (χ0v) is 13.3. The number of pyridine rings is 1. The van der Waals surface area contributed by atoms with E-state index in [-0.39, 0.29) is 0 Å². The summed E-state index contributed by atoms with van der Waals surface area (Å²) in [5.41, 5.74) is 1.08. The van der Waals surface area contributed by atoms with E-state index in [1.54, 1.807) is 20.4 Å². The van der Waals surface area contributed by atoms with Crippen LogP contribution in [0.5, 0.6) is 11.5 Å². The number of hydrogen-bond donors (Lipinski definition) is 0. The molecule has 0 unspecified atom stereocenters. The molecule has 4 nitrogen and oxygen atoms in total. The van der Waals surface area contributed by atoms with Crippen LogP contribution < -0.4 is 14.4 Å². The third-order valence-electron chi connectivity index (χ3n) is 3.00. The third-order valence-corrected chi connectivity index (χ3v) is 3.47. The molecule has 0 atom stereocenters. The molecule has 0 saturated heterocycles. The zero-order valence-electron chi connectivity index (χ0n) is 11.8. The summed E-state index contributed by atoms with van der Waals surface area (Å²) in [5.74, 6) is 2.51. The van der Waals surface area contributed by atoms with Gasteiger partial charge in [0.2, 0.25) is 0 Å². The molecule has 0 saturated carbocycles. The van der Waals surface area contributed by atoms with E-state index in [0.717, 1.165) is 27.4 Å². The predicted molar refractivity (Wildman–Crippen MR) is 83.6 cm³/mol. The highest BCUT2D eigenvalue weighted by Gasteiger charge is 2.09. The van der Waals surface area contributed by atoms with Crippen LogP contribution in [0.25, 0.3) is 0 Å². The van der Waals surface area contributed by atoms with Gasteiger partial charge in [-0.05, 0) is 40.2 Å². The van der Waals surface area contributed by atoms with Gasteiger partial charge in [-0.2, -0.15) is 0 Å². The van der Waals surface area contributed by atoms with Crippen LogP contribution in [0.3, 0.4) is 0 Å². The highest BCUT2D eigenvalue weighted by atomic mass is 79.9. The largest absolute Gasteiger partial charge is 0.497 e. The van der Waals surface area contributed by atoms with Crippen LogP contribution in [0.1, 0.15) is 5.56 Å². The van der Waals surface area contributed by atoms with Gasteiger partial charge in [-0.25, -0.2) is 4.98 Å². The summed E-state index contributed by atoms with van der Waals surface area (Å²) >= 11 is 3.39. The van der Waals surface area contributed by atoms with Gasteiger partial charge in [-0.1, -0.05) is 0 Å². The Labute approximate surface area is 127 Å². The van der Waals surface area contributed by atoms with Gasteiger partial charge in [0.1, 0.15) is 17.3 Å². The van der Waals surface area contributed by atoms with E-state index in [2.05, 4.69) is 25.8 Å². The number of nitrogens with zero attached hydrogens (tertiary/aromatic N) is 2. The summed E-state index contributed by atoms with van der Waals surface area (Å²) < 4.78 is 11.6. The molecular weight excluding hydrogens is 320 g/mol. The van der Waals surface area contributed by atoms with E-state index in [0.29, 0.717) is 6.54 Å². The lowest BCUT2D eigenvalue weighted by Gasteiger charge is -2.20. The molecule has 2 aromatic rings. The number of rotatable bonds is 5. The Morgan fingerprint density at radius 2 is 1.95 bits per heavy atom. The van der Waals surface area contributed by atoms with Crippen molar-refractivity contribution < 1.29 is 9.47 Å². The number of aromatic nitrogens is 1. The van der Waals surface area contributed by atoms with Gasteiger partial charge in [0.25, 0.3) is 0 Å². The Morgan fingerprint density at radius 1 is 1.15 bits per heavy atom. The van der Waals surface area contributed by atoms with Crippen molar-refractivity contribution in [2.24, 2.45) is 0 Å². The van der Waals surface area contributed by atoms with Crippen molar-refractivity contribution >= 4 is 21.7 Å². The average molecular weight is 337 g/mol. The van der Waals surface area contributed by atoms with Crippen LogP contribution in [0.15, 0.2) is 41.0 Å². The molecule has 5 heteroatoms. The normalized spacial score (nSPS) is 10.2. The molecule has 106 valence electrons. The van der Waals surface area contributed by atoms with Crippen LogP contribution in [-0.2, 0) is 6.54 Å². The van der Waals surface area contributed by atoms with Gasteiger partial charge < -0.3 is 14.4 Å². The molecule has 0 N–H and O–H groups in total. The lowest BCUT2D eigenvalue weighted by atomic mass is 10.2. The number of benzene rings is 1. The second-order valence-corrected chi connectivity index (χ2v) is 5.28. The molecule has 0 aliphatic heterocycles. The van der Waals surface area contributed by atoms with Crippen LogP contribution in [-0.4, -0.2) is 26.3 Å². The summed E-state index contributed by atoms with van der Waals surface area (Å²) in [6.07, 6.45) is 1.79. The van der Waals surface area contributed by atoms with E-state index in [4.69, 9.17) is 9.47 Å². The lowest BCUT2D eigenvalue weighted by Crippen LogP contribution is -2.18. The Hall–Kier alpha value is -1.75. The standard InChI is InChI=1S/C15H17BrN2O2/c1-18(15-7-5-12(16)9-17-15)10-11-4-6-13(19-2)8-14(11)20-3/h4-9H,10H2,1-3H3. The molecular formula is C15H17BrN2O2. The molecule has 1 heterocycles. The third kappa shape index (κ3) is 3.42. The second-order valence-electron chi connectivity index (χ2n) is 4.37. The SMILES string of the molecule is COc1ccc(CN(C)c2ccc(Br)cn2)c(OC)c1. The topological polar surface area (TPSA) is 34.6 Å². The minimum atomic E-state index is 0.710. The molecule has 20 heavy (non-hydrogen) atoms. The molecule has 1 aromatic heterocycles. The number of hydrogen-bond acceptors (Lipinski definition) is 4. The number of anilines is 1. The number of halogens is 1. The van der Waals surface area contributed by atoms with Crippen LogP contribution in [0.4, 0.5) is 5.82 Å². The first kappa shape index (κ1) is 14.7. The maximum Gasteiger partial charge on any atom is 0.128 e. The van der Waals surface area contributed by atoms with Gasteiger partial charge in [0, 0.05) is 35.9 Å². The first-order valence-corrected chi connectivity index (χ1v) is 6.97. The van der Waals surface area contributed by atoms with Crippen molar-refractivity contribution in [3.63, 3.8) is 0 Å². The maximum atomic E-state index is 5.41. The molecule has 0 spiro atoms. The molecule has 0 radical (unpaired) electrons. The predicted octanol–water partition coefficient (Wildman–Crippen LogP) is 3.50. The fourth-order valence-corrected chi connectivity index (χ4v) is 2.15. The molecule has 0 aliphatic carbocycles. The van der Waals surface area contributed by atoms with Crippen molar-refractivity contribution in [3.05, 3.63) is 46.6 Å². The smallest absolute Gasteiger partial charge is 0.128 e. The van der Waals surface area contributed by atoms with Gasteiger partial charge in [-0.15, -0.1) is 0 Å². The Kier molecular flexibility index (Phi) is 4.84. The van der Waals surface area contributed by atoms with E-state index >= 15 is 0 Å². The molecule has 0 amide bonds. The van der Waals surface area contributed by atoms with Crippen molar-refractivity contribution in [2.45, 2.75) is 6.54 Å². The molecule has 0 bridgehead atoms. The lowest BCUT2D eigenvalue weighted by molar-refractivity contribution is 0.391. The number of ether oxygens (including phenoxy) is 2. The van der Waals surface area contributed by atoms with E-state index in [9.17, 15) is 0 Å². The van der Waals surface area contributed by atoms with Gasteiger partial charge >= 0.3 is 0 Å². The maximum absolute atomic E-state index is 5.41. The first-order chi connectivity index (χ1) is 9.63.